The second-order valence-electron chi connectivity index (χ2n) is 4.64. The molecule has 0 saturated heterocycles. The monoisotopic (exact) mass is 356 g/mol. The van der Waals surface area contributed by atoms with Crippen LogP contribution in [0.1, 0.15) is 27.3 Å². The van der Waals surface area contributed by atoms with Gasteiger partial charge in [0.05, 0.1) is 0 Å². The Morgan fingerprint density at radius 1 is 1.00 bits per heavy atom. The third kappa shape index (κ3) is 2.69. The van der Waals surface area contributed by atoms with E-state index in [1.165, 1.54) is 11.2 Å². The summed E-state index contributed by atoms with van der Waals surface area (Å²) in [4.78, 5) is 11.1. The molecule has 4 nitrogen and oxygen atoms in total. The van der Waals surface area contributed by atoms with Crippen LogP contribution >= 0.6 is 0 Å². The molecule has 0 atom stereocenters. The largest absolute Gasteiger partial charge is 0.478 e. The van der Waals surface area contributed by atoms with Crippen LogP contribution in [0.2, 0.25) is 0 Å². The number of benzene rings is 1. The molecule has 0 amide bonds. The van der Waals surface area contributed by atoms with Crippen molar-refractivity contribution in [3.05, 3.63) is 52.8 Å². The van der Waals surface area contributed by atoms with Gasteiger partial charge in [0.1, 0.15) is 11.3 Å². The lowest BCUT2D eigenvalue weighted by Gasteiger charge is -2.19. The number of aromatic carboxylic acids is 1. The number of hydrogen-bond donors (Lipinski definition) is 2. The van der Waals surface area contributed by atoms with Crippen LogP contribution in [0.25, 0.3) is 0 Å². The Morgan fingerprint density at radius 3 is 2.00 bits per heavy atom. The number of aromatic amines is 1. The first-order valence-electron chi connectivity index (χ1n) is 6.11. The van der Waals surface area contributed by atoms with Gasteiger partial charge in [-0.3, -0.25) is 5.10 Å². The normalized spacial score (nSPS) is 13.1. The zero-order chi connectivity index (χ0) is 18.3. The fourth-order valence-electron chi connectivity index (χ4n) is 1.93. The van der Waals surface area contributed by atoms with Gasteiger partial charge in [0.2, 0.25) is 0 Å². The van der Waals surface area contributed by atoms with E-state index >= 15 is 0 Å². The molecule has 0 radical (unpaired) electrons. The average Bonchev–Trinajstić information content (AvgIpc) is 2.93. The van der Waals surface area contributed by atoms with Crippen molar-refractivity contribution in [3.63, 3.8) is 0 Å². The van der Waals surface area contributed by atoms with Gasteiger partial charge >= 0.3 is 24.0 Å². The lowest BCUT2D eigenvalue weighted by atomic mass is 9.99. The highest BCUT2D eigenvalue weighted by Crippen LogP contribution is 2.47. The van der Waals surface area contributed by atoms with Gasteiger partial charge < -0.3 is 5.11 Å². The number of carboxylic acid groups (broad SMARTS) is 1. The highest BCUT2D eigenvalue weighted by atomic mass is 19.4. The molecular weight excluding hydrogens is 349 g/mol. The van der Waals surface area contributed by atoms with Crippen LogP contribution in [0.5, 0.6) is 0 Å². The summed E-state index contributed by atoms with van der Waals surface area (Å²) in [5.74, 6) is -12.3. The van der Waals surface area contributed by atoms with Gasteiger partial charge in [-0.2, -0.15) is 35.8 Å². The Morgan fingerprint density at radius 2 is 1.54 bits per heavy atom. The Hall–Kier alpha value is -2.59. The van der Waals surface area contributed by atoms with Gasteiger partial charge in [-0.15, -0.1) is 0 Å². The Balaban J connectivity index is 2.69. The smallest absolute Gasteiger partial charge is 0.459 e. The molecule has 130 valence electrons. The first kappa shape index (κ1) is 17.8. The van der Waals surface area contributed by atoms with E-state index in [-0.39, 0.29) is 0 Å². The summed E-state index contributed by atoms with van der Waals surface area (Å²) < 4.78 is 92.7. The summed E-state index contributed by atoms with van der Waals surface area (Å²) in [6.07, 6.45) is -6.20. The number of alkyl halides is 7. The number of H-pyrrole nitrogens is 1. The van der Waals surface area contributed by atoms with E-state index in [2.05, 4.69) is 5.10 Å². The Bertz CT molecular complexity index is 753. The minimum Gasteiger partial charge on any atom is -0.478 e. The molecule has 2 N–H and O–H groups in total. The van der Waals surface area contributed by atoms with Crippen LogP contribution in [0.15, 0.2) is 30.3 Å². The van der Waals surface area contributed by atoms with Crippen LogP contribution in [0, 0.1) is 0 Å². The van der Waals surface area contributed by atoms with E-state index in [0.717, 1.165) is 24.3 Å². The number of aromatic nitrogens is 2. The predicted molar refractivity (Wildman–Crippen MR) is 64.9 cm³/mol. The maximum Gasteiger partial charge on any atom is 0.459 e. The van der Waals surface area contributed by atoms with Crippen molar-refractivity contribution in [2.24, 2.45) is 0 Å². The average molecular weight is 356 g/mol. The molecule has 0 spiro atoms. The highest BCUT2D eigenvalue weighted by molar-refractivity contribution is 5.91. The number of carbonyl (C=O) groups is 1. The standard InChI is InChI=1S/C13H7F7N2O2/c14-11(15,6-4-2-1-3-5-6)8-7(10(23)24)9(22-21-8)12(16,17)13(18,19)20/h1-5H,(H,21,22)(H,23,24). The molecule has 2 aromatic rings. The lowest BCUT2D eigenvalue weighted by Crippen LogP contribution is -2.35. The maximum atomic E-state index is 14.3. The van der Waals surface area contributed by atoms with Gasteiger partial charge in [-0.1, -0.05) is 30.3 Å². The third-order valence-electron chi connectivity index (χ3n) is 3.08. The molecular formula is C13H7F7N2O2. The van der Waals surface area contributed by atoms with Gasteiger partial charge in [0.15, 0.2) is 5.69 Å². The molecule has 24 heavy (non-hydrogen) atoms. The molecule has 2 rings (SSSR count). The third-order valence-corrected chi connectivity index (χ3v) is 3.08. The van der Waals surface area contributed by atoms with E-state index in [1.54, 1.807) is 0 Å². The number of nitrogens with one attached hydrogen (secondary N) is 1. The molecule has 1 aromatic heterocycles. The zero-order valence-electron chi connectivity index (χ0n) is 11.3. The number of carboxylic acids is 1. The molecule has 0 aliphatic rings. The molecule has 11 heteroatoms. The van der Waals surface area contributed by atoms with Crippen LogP contribution in [-0.2, 0) is 11.8 Å². The Labute approximate surface area is 128 Å². The van der Waals surface area contributed by atoms with Crippen molar-refractivity contribution in [3.8, 4) is 0 Å². The van der Waals surface area contributed by atoms with Gasteiger partial charge in [0, 0.05) is 5.56 Å². The fraction of sp³-hybridized carbons (Fsp3) is 0.231. The quantitative estimate of drug-likeness (QED) is 0.817. The molecule has 0 fully saturated rings. The first-order valence-corrected chi connectivity index (χ1v) is 6.11. The number of hydrogen-bond acceptors (Lipinski definition) is 2. The number of halogens is 7. The summed E-state index contributed by atoms with van der Waals surface area (Å²) >= 11 is 0. The maximum absolute atomic E-state index is 14.3. The zero-order valence-corrected chi connectivity index (χ0v) is 11.3. The summed E-state index contributed by atoms with van der Waals surface area (Å²) in [5, 5.41) is 12.7. The molecule has 1 aromatic carbocycles. The number of rotatable bonds is 4. The summed E-state index contributed by atoms with van der Waals surface area (Å²) in [5.41, 5.74) is -6.72. The Kier molecular flexibility index (Phi) is 4.07. The van der Waals surface area contributed by atoms with Crippen LogP contribution in [0.3, 0.4) is 0 Å². The summed E-state index contributed by atoms with van der Waals surface area (Å²) in [6, 6.07) is 5.38. The van der Waals surface area contributed by atoms with Crippen molar-refractivity contribution in [1.82, 2.24) is 10.2 Å². The molecule has 0 bridgehead atoms. The number of nitrogens with zero attached hydrogens (tertiary/aromatic N) is 1. The van der Waals surface area contributed by atoms with Crippen molar-refractivity contribution >= 4 is 5.97 Å². The summed E-state index contributed by atoms with van der Waals surface area (Å²) in [7, 11) is 0. The first-order chi connectivity index (χ1) is 10.9. The van der Waals surface area contributed by atoms with Crippen molar-refractivity contribution in [1.29, 1.82) is 0 Å². The van der Waals surface area contributed by atoms with E-state index < -0.39 is 46.5 Å². The van der Waals surface area contributed by atoms with Gasteiger partial charge in [-0.05, 0) is 0 Å². The van der Waals surface area contributed by atoms with Crippen molar-refractivity contribution < 1.29 is 40.6 Å². The van der Waals surface area contributed by atoms with Crippen molar-refractivity contribution in [2.45, 2.75) is 18.0 Å². The predicted octanol–water partition coefficient (Wildman–Crippen LogP) is 3.90. The second-order valence-corrected chi connectivity index (χ2v) is 4.64. The molecule has 0 unspecified atom stereocenters. The topological polar surface area (TPSA) is 66.0 Å². The summed E-state index contributed by atoms with van der Waals surface area (Å²) in [6.45, 7) is 0. The van der Waals surface area contributed by atoms with Crippen molar-refractivity contribution in [2.75, 3.05) is 0 Å². The van der Waals surface area contributed by atoms with Gasteiger partial charge in [0.25, 0.3) is 0 Å². The SMILES string of the molecule is O=C(O)c1c(C(F)(F)C(F)(F)F)n[nH]c1C(F)(F)c1ccccc1. The highest BCUT2D eigenvalue weighted by Gasteiger charge is 2.63. The van der Waals surface area contributed by atoms with E-state index in [9.17, 15) is 35.5 Å². The minimum absolute atomic E-state index is 0.807. The molecule has 0 saturated carbocycles. The van der Waals surface area contributed by atoms with E-state index in [1.807, 2.05) is 0 Å². The minimum atomic E-state index is -6.20. The molecule has 1 heterocycles. The lowest BCUT2D eigenvalue weighted by molar-refractivity contribution is -0.291. The molecule has 0 aliphatic heterocycles. The fourth-order valence-corrected chi connectivity index (χ4v) is 1.93. The van der Waals surface area contributed by atoms with E-state index in [4.69, 9.17) is 5.11 Å². The van der Waals surface area contributed by atoms with Crippen LogP contribution in [0.4, 0.5) is 30.7 Å². The van der Waals surface area contributed by atoms with Crippen LogP contribution in [-0.4, -0.2) is 27.4 Å². The molecule has 0 aliphatic carbocycles. The van der Waals surface area contributed by atoms with Gasteiger partial charge in [-0.25, -0.2) is 4.79 Å². The van der Waals surface area contributed by atoms with Crippen LogP contribution < -0.4 is 0 Å². The van der Waals surface area contributed by atoms with E-state index in [0.29, 0.717) is 0 Å². The second kappa shape index (κ2) is 5.49.